The van der Waals surface area contributed by atoms with Crippen molar-refractivity contribution < 1.29 is 0 Å². The van der Waals surface area contributed by atoms with Crippen molar-refractivity contribution in [1.29, 1.82) is 0 Å². The van der Waals surface area contributed by atoms with Crippen LogP contribution in [0.1, 0.15) is 54.4 Å². The van der Waals surface area contributed by atoms with E-state index in [0.717, 1.165) is 0 Å². The molecule has 0 aliphatic rings. The molecule has 0 heterocycles. The van der Waals surface area contributed by atoms with Crippen molar-refractivity contribution in [3.05, 3.63) is 0 Å². The first-order valence-corrected chi connectivity index (χ1v) is 6.44. The first-order valence-electron chi connectivity index (χ1n) is 5.92. The molecule has 0 amide bonds. The summed E-state index contributed by atoms with van der Waals surface area (Å²) in [6, 6.07) is 1.12. The molecular weight excluding hydrogens is 204 g/mol. The summed E-state index contributed by atoms with van der Waals surface area (Å²) in [5.74, 6) is 0. The normalized spacial score (nSPS) is 18.6. The van der Waals surface area contributed by atoms with Crippen LogP contribution in [0, 0.1) is 0 Å². The highest BCUT2D eigenvalue weighted by molar-refractivity contribution is 7.80. The van der Waals surface area contributed by atoms with E-state index in [1.807, 2.05) is 0 Å². The summed E-state index contributed by atoms with van der Waals surface area (Å²) in [6.07, 6.45) is 2.39. The van der Waals surface area contributed by atoms with Crippen LogP contribution in [0.2, 0.25) is 0 Å². The van der Waals surface area contributed by atoms with E-state index in [4.69, 9.17) is 0 Å². The number of nitrogens with one attached hydrogen (secondary N) is 2. The zero-order valence-corrected chi connectivity index (χ0v) is 12.0. The molecule has 3 unspecified atom stereocenters. The number of hydrogen-bond acceptors (Lipinski definition) is 3. The van der Waals surface area contributed by atoms with Gasteiger partial charge in [0, 0.05) is 23.0 Å². The van der Waals surface area contributed by atoms with E-state index < -0.39 is 0 Å². The average Bonchev–Trinajstić information content (AvgIpc) is 1.96. The number of thiol groups is 1. The summed E-state index contributed by atoms with van der Waals surface area (Å²) >= 11 is 4.32. The molecule has 3 atom stereocenters. The third kappa shape index (κ3) is 10.6. The molecular formula is C12H28N2S. The Kier molecular flexibility index (Phi) is 6.89. The fourth-order valence-electron chi connectivity index (χ4n) is 1.81. The Labute approximate surface area is 101 Å². The van der Waals surface area contributed by atoms with Gasteiger partial charge in [0.05, 0.1) is 0 Å². The van der Waals surface area contributed by atoms with Crippen LogP contribution in [0.25, 0.3) is 0 Å². The predicted octanol–water partition coefficient (Wildman–Crippen LogP) is 2.80. The third-order valence-corrected chi connectivity index (χ3v) is 2.39. The molecule has 2 nitrogen and oxygen atoms in total. The molecule has 0 saturated heterocycles. The van der Waals surface area contributed by atoms with Gasteiger partial charge in [0.15, 0.2) is 0 Å². The van der Waals surface area contributed by atoms with E-state index in [0.29, 0.717) is 12.1 Å². The molecule has 0 saturated carbocycles. The second-order valence-electron chi connectivity index (χ2n) is 5.62. The van der Waals surface area contributed by atoms with Gasteiger partial charge in [-0.15, -0.1) is 0 Å². The molecule has 15 heavy (non-hydrogen) atoms. The Hall–Kier alpha value is 0.270. The smallest absolute Gasteiger partial charge is 0.0475 e. The van der Waals surface area contributed by atoms with Crippen LogP contribution < -0.4 is 10.6 Å². The minimum atomic E-state index is 0.215. The minimum Gasteiger partial charge on any atom is -0.310 e. The van der Waals surface area contributed by atoms with Crippen molar-refractivity contribution in [1.82, 2.24) is 10.6 Å². The van der Waals surface area contributed by atoms with Gasteiger partial charge >= 0.3 is 0 Å². The van der Waals surface area contributed by atoms with Gasteiger partial charge in [-0.1, -0.05) is 0 Å². The summed E-state index contributed by atoms with van der Waals surface area (Å²) < 4.78 is 0. The highest BCUT2D eigenvalue weighted by atomic mass is 32.1. The van der Waals surface area contributed by atoms with Crippen LogP contribution >= 0.6 is 12.6 Å². The van der Waals surface area contributed by atoms with Gasteiger partial charge in [0.2, 0.25) is 0 Å². The van der Waals surface area contributed by atoms with E-state index in [9.17, 15) is 0 Å². The molecule has 0 fully saturated rings. The highest BCUT2D eigenvalue weighted by Gasteiger charge is 2.14. The SMILES string of the molecule is CC(S)NC(C)CCC(C)NC(C)(C)C. The summed E-state index contributed by atoms with van der Waals surface area (Å²) in [6.45, 7) is 13.2. The van der Waals surface area contributed by atoms with Gasteiger partial charge in [-0.2, -0.15) is 12.6 Å². The molecule has 92 valence electrons. The van der Waals surface area contributed by atoms with E-state index in [1.54, 1.807) is 0 Å². The molecule has 2 N–H and O–H groups in total. The fraction of sp³-hybridized carbons (Fsp3) is 1.00. The lowest BCUT2D eigenvalue weighted by Gasteiger charge is -2.27. The summed E-state index contributed by atoms with van der Waals surface area (Å²) in [5, 5.41) is 7.26. The maximum absolute atomic E-state index is 4.32. The molecule has 0 bridgehead atoms. The Morgan fingerprint density at radius 1 is 1.00 bits per heavy atom. The Bertz CT molecular complexity index is 163. The Balaban J connectivity index is 3.66. The average molecular weight is 232 g/mol. The second-order valence-corrected chi connectivity index (χ2v) is 6.39. The van der Waals surface area contributed by atoms with Crippen molar-refractivity contribution in [2.75, 3.05) is 0 Å². The van der Waals surface area contributed by atoms with Crippen LogP contribution in [0.15, 0.2) is 0 Å². The summed E-state index contributed by atoms with van der Waals surface area (Å²) in [4.78, 5) is 0. The lowest BCUT2D eigenvalue weighted by molar-refractivity contribution is 0.343. The lowest BCUT2D eigenvalue weighted by atomic mass is 10.0. The van der Waals surface area contributed by atoms with Crippen molar-refractivity contribution in [3.8, 4) is 0 Å². The fourth-order valence-corrected chi connectivity index (χ4v) is 2.06. The zero-order chi connectivity index (χ0) is 12.1. The monoisotopic (exact) mass is 232 g/mol. The van der Waals surface area contributed by atoms with Gasteiger partial charge < -0.3 is 10.6 Å². The van der Waals surface area contributed by atoms with Crippen LogP contribution in [0.4, 0.5) is 0 Å². The molecule has 0 rings (SSSR count). The van der Waals surface area contributed by atoms with Crippen LogP contribution in [-0.4, -0.2) is 23.0 Å². The maximum Gasteiger partial charge on any atom is 0.0475 e. The van der Waals surface area contributed by atoms with Crippen LogP contribution in [0.3, 0.4) is 0 Å². The minimum absolute atomic E-state index is 0.215. The molecule has 0 aromatic carbocycles. The molecule has 3 heteroatoms. The topological polar surface area (TPSA) is 24.1 Å². The molecule has 0 aliphatic heterocycles. The van der Waals surface area contributed by atoms with Crippen molar-refractivity contribution >= 4 is 12.6 Å². The first-order chi connectivity index (χ1) is 6.70. The lowest BCUT2D eigenvalue weighted by Crippen LogP contribution is -2.43. The summed E-state index contributed by atoms with van der Waals surface area (Å²) in [5.41, 5.74) is 0.215. The second kappa shape index (κ2) is 6.77. The van der Waals surface area contributed by atoms with Crippen molar-refractivity contribution in [3.63, 3.8) is 0 Å². The van der Waals surface area contributed by atoms with Gasteiger partial charge in [0.25, 0.3) is 0 Å². The molecule has 0 aromatic rings. The zero-order valence-electron chi connectivity index (χ0n) is 11.1. The quantitative estimate of drug-likeness (QED) is 0.484. The number of hydrogen-bond donors (Lipinski definition) is 3. The van der Waals surface area contributed by atoms with Crippen molar-refractivity contribution in [2.45, 2.75) is 77.4 Å². The van der Waals surface area contributed by atoms with E-state index >= 15 is 0 Å². The van der Waals surface area contributed by atoms with E-state index in [1.165, 1.54) is 12.8 Å². The van der Waals surface area contributed by atoms with E-state index in [-0.39, 0.29) is 10.9 Å². The van der Waals surface area contributed by atoms with Crippen LogP contribution in [0.5, 0.6) is 0 Å². The molecule has 0 aromatic heterocycles. The predicted molar refractivity (Wildman–Crippen MR) is 72.6 cm³/mol. The van der Waals surface area contributed by atoms with E-state index in [2.05, 4.69) is 64.8 Å². The molecule has 0 aliphatic carbocycles. The molecule has 0 radical (unpaired) electrons. The first kappa shape index (κ1) is 15.3. The van der Waals surface area contributed by atoms with Crippen LogP contribution in [-0.2, 0) is 0 Å². The third-order valence-electron chi connectivity index (χ3n) is 2.24. The Morgan fingerprint density at radius 3 is 1.87 bits per heavy atom. The summed E-state index contributed by atoms with van der Waals surface area (Å²) in [7, 11) is 0. The van der Waals surface area contributed by atoms with Gasteiger partial charge in [0.1, 0.15) is 0 Å². The van der Waals surface area contributed by atoms with Crippen molar-refractivity contribution in [2.24, 2.45) is 0 Å². The largest absolute Gasteiger partial charge is 0.310 e. The number of rotatable bonds is 6. The van der Waals surface area contributed by atoms with Gasteiger partial charge in [-0.05, 0) is 54.4 Å². The molecule has 0 spiro atoms. The Morgan fingerprint density at radius 2 is 1.47 bits per heavy atom. The maximum atomic E-state index is 4.32. The van der Waals surface area contributed by atoms with Gasteiger partial charge in [-0.25, -0.2) is 0 Å². The highest BCUT2D eigenvalue weighted by Crippen LogP contribution is 2.07. The standard InChI is InChI=1S/C12H28N2S/c1-9(13-11(3)15)7-8-10(2)14-12(4,5)6/h9-11,13-15H,7-8H2,1-6H3. The van der Waals surface area contributed by atoms with Gasteiger partial charge in [-0.3, -0.25) is 0 Å².